The van der Waals surface area contributed by atoms with Gasteiger partial charge in [0.25, 0.3) is 11.8 Å². The standard InChI is InChI=1S/C31H41N5O5.C20H27N5O4/c1-18-26(19(2)35-30(34-18)32-9-5-7-20-6-4-8-24(37)13-20)27(38)36-25(28(39)41-3)17-33-29(40)31-14-21-10-22(15-31)12-23(11-21)16-31;1-12-17(18(27)25-16(11-21)19(28)29-3)13(2)24-20(23-12)22-9-5-7-14-6-4-8-15(26)10-14/h4,6,8,13,21-23,25,37H,5,7,9-12,14-17H2,1-3H3,(H,33,40)(H,36,38)(H,32,34,35);4,6,8,10,16,26H,5,7,9,11,21H2,1-3H3,(H,25,27)(H,22,23,24)/t21?,22?,23?,25-,31?;16-/m00/s1. The number of hydrogen-bond donors (Lipinski definition) is 8. The zero-order valence-corrected chi connectivity index (χ0v) is 41.0. The van der Waals surface area contributed by atoms with E-state index in [4.69, 9.17) is 10.5 Å². The van der Waals surface area contributed by atoms with E-state index in [0.29, 0.717) is 71.1 Å². The van der Waals surface area contributed by atoms with Crippen molar-refractivity contribution in [3.63, 3.8) is 0 Å². The van der Waals surface area contributed by atoms with Crippen LogP contribution in [0.1, 0.15) is 106 Å². The van der Waals surface area contributed by atoms with Gasteiger partial charge in [-0.15, -0.1) is 0 Å². The highest BCUT2D eigenvalue weighted by molar-refractivity contribution is 5.99. The monoisotopic (exact) mass is 965 g/mol. The second kappa shape index (κ2) is 24.1. The number of ether oxygens (including phenoxy) is 2. The second-order valence-electron chi connectivity index (χ2n) is 18.8. The lowest BCUT2D eigenvalue weighted by Crippen LogP contribution is -2.56. The maximum atomic E-state index is 13.4. The maximum absolute atomic E-state index is 13.4. The Morgan fingerprint density at radius 1 is 0.657 bits per heavy atom. The first kappa shape index (κ1) is 52.5. The first-order chi connectivity index (χ1) is 33.5. The van der Waals surface area contributed by atoms with Crippen molar-refractivity contribution in [1.82, 2.24) is 35.9 Å². The van der Waals surface area contributed by atoms with Crippen molar-refractivity contribution in [3.05, 3.63) is 93.6 Å². The van der Waals surface area contributed by atoms with Crippen LogP contribution in [0, 0.1) is 50.9 Å². The van der Waals surface area contributed by atoms with Crippen LogP contribution in [0.4, 0.5) is 11.9 Å². The number of nitrogens with zero attached hydrogens (tertiary/aromatic N) is 4. The quantitative estimate of drug-likeness (QED) is 0.0446. The molecule has 4 fully saturated rings. The number of nitrogens with two attached hydrogens (primary N) is 1. The number of aryl methyl sites for hydroxylation is 6. The van der Waals surface area contributed by atoms with Crippen LogP contribution in [0.25, 0.3) is 0 Å². The number of phenols is 2. The summed E-state index contributed by atoms with van der Waals surface area (Å²) in [5.74, 6) is 1.03. The number of nitrogens with one attached hydrogen (secondary N) is 5. The number of rotatable bonds is 20. The van der Waals surface area contributed by atoms with E-state index in [2.05, 4.69) is 51.3 Å². The number of esters is 2. The Labute approximate surface area is 408 Å². The van der Waals surface area contributed by atoms with Gasteiger partial charge in [0.2, 0.25) is 17.8 Å². The minimum Gasteiger partial charge on any atom is -0.508 e. The Morgan fingerprint density at radius 3 is 1.44 bits per heavy atom. The third-order valence-electron chi connectivity index (χ3n) is 13.5. The molecular formula is C51H68N10O9. The van der Waals surface area contributed by atoms with Crippen LogP contribution < -0.4 is 32.3 Å². The minimum atomic E-state index is -1.03. The molecule has 4 aliphatic carbocycles. The molecule has 376 valence electrons. The summed E-state index contributed by atoms with van der Waals surface area (Å²) < 4.78 is 9.57. The Kier molecular flexibility index (Phi) is 18.1. The van der Waals surface area contributed by atoms with Gasteiger partial charge in [0.05, 0.1) is 48.1 Å². The lowest BCUT2D eigenvalue weighted by molar-refractivity contribution is -0.147. The third kappa shape index (κ3) is 13.7. The van der Waals surface area contributed by atoms with Gasteiger partial charge in [0.15, 0.2) is 0 Å². The fourth-order valence-corrected chi connectivity index (χ4v) is 10.6. The summed E-state index contributed by atoms with van der Waals surface area (Å²) in [5, 5.41) is 33.7. The Morgan fingerprint density at radius 2 is 1.06 bits per heavy atom. The molecule has 19 nitrogen and oxygen atoms in total. The van der Waals surface area contributed by atoms with E-state index in [1.165, 1.54) is 33.5 Å². The molecule has 2 aromatic carbocycles. The molecule has 4 aliphatic rings. The van der Waals surface area contributed by atoms with Crippen LogP contribution in [0.5, 0.6) is 11.5 Å². The second-order valence-corrected chi connectivity index (χ2v) is 18.8. The van der Waals surface area contributed by atoms with E-state index in [1.54, 1.807) is 52.0 Å². The molecule has 0 spiro atoms. The van der Waals surface area contributed by atoms with Crippen molar-refractivity contribution >= 4 is 41.6 Å². The minimum absolute atomic E-state index is 0.00469. The number of amides is 3. The average molecular weight is 965 g/mol. The maximum Gasteiger partial charge on any atom is 0.330 e. The number of carbonyl (C=O) groups excluding carboxylic acids is 5. The van der Waals surface area contributed by atoms with E-state index in [0.717, 1.165) is 56.1 Å². The molecular weight excluding hydrogens is 897 g/mol. The van der Waals surface area contributed by atoms with Crippen LogP contribution >= 0.6 is 0 Å². The number of aromatic nitrogens is 4. The molecule has 70 heavy (non-hydrogen) atoms. The fourth-order valence-electron chi connectivity index (χ4n) is 10.6. The summed E-state index contributed by atoms with van der Waals surface area (Å²) in [6, 6.07) is 12.4. The number of methoxy groups -OCH3 is 2. The Bertz CT molecular complexity index is 2440. The van der Waals surface area contributed by atoms with Gasteiger partial charge in [-0.05, 0) is 145 Å². The van der Waals surface area contributed by atoms with Crippen LogP contribution in [-0.4, -0.2) is 112 Å². The molecule has 0 aliphatic heterocycles. The topological polar surface area (TPSA) is 282 Å². The predicted octanol–water partition coefficient (Wildman–Crippen LogP) is 4.52. The van der Waals surface area contributed by atoms with Crippen molar-refractivity contribution < 1.29 is 43.7 Å². The first-order valence-corrected chi connectivity index (χ1v) is 24.0. The summed E-state index contributed by atoms with van der Waals surface area (Å²) in [6.07, 6.45) is 9.70. The van der Waals surface area contributed by atoms with E-state index in [-0.39, 0.29) is 41.5 Å². The number of anilines is 2. The zero-order chi connectivity index (χ0) is 50.5. The van der Waals surface area contributed by atoms with Crippen LogP contribution in [0.3, 0.4) is 0 Å². The molecule has 2 heterocycles. The number of benzene rings is 2. The number of phenolic OH excluding ortho intramolecular Hbond substituents is 2. The normalized spacial score (nSPS) is 19.4. The molecule has 4 bridgehead atoms. The van der Waals surface area contributed by atoms with Crippen LogP contribution in [0.15, 0.2) is 48.5 Å². The lowest BCUT2D eigenvalue weighted by Gasteiger charge is -2.55. The molecule has 4 aromatic rings. The predicted molar refractivity (Wildman–Crippen MR) is 262 cm³/mol. The van der Waals surface area contributed by atoms with Crippen LogP contribution in [-0.2, 0) is 36.7 Å². The van der Waals surface area contributed by atoms with E-state index >= 15 is 0 Å². The summed E-state index contributed by atoms with van der Waals surface area (Å²) in [7, 11) is 2.50. The Balaban J connectivity index is 0.000000245. The molecule has 0 saturated heterocycles. The number of carbonyl (C=O) groups is 5. The van der Waals surface area contributed by atoms with E-state index in [9.17, 15) is 34.2 Å². The molecule has 2 atom stereocenters. The SMILES string of the molecule is COC(=O)[C@H](CN)NC(=O)c1c(C)nc(NCCCc2cccc(O)c2)nc1C.COC(=O)[C@H](CNC(=O)C12CC3CC(CC(C3)C1)C2)NC(=O)c1c(C)nc(NCCCc2cccc(O)c2)nc1C. The third-order valence-corrected chi connectivity index (χ3v) is 13.5. The first-order valence-electron chi connectivity index (χ1n) is 24.0. The van der Waals surface area contributed by atoms with Gasteiger partial charge < -0.3 is 52.0 Å². The average Bonchev–Trinajstić information content (AvgIpc) is 3.31. The Hall–Kier alpha value is -6.89. The van der Waals surface area contributed by atoms with Crippen molar-refractivity contribution in [2.75, 3.05) is 51.0 Å². The van der Waals surface area contributed by atoms with Gasteiger partial charge in [-0.2, -0.15) is 0 Å². The van der Waals surface area contributed by atoms with Gasteiger partial charge in [0, 0.05) is 31.6 Å². The summed E-state index contributed by atoms with van der Waals surface area (Å²) in [6.45, 7) is 8.01. The highest BCUT2D eigenvalue weighted by Gasteiger charge is 2.54. The molecule has 0 unspecified atom stereocenters. The highest BCUT2D eigenvalue weighted by Crippen LogP contribution is 2.60. The number of hydrogen-bond acceptors (Lipinski definition) is 16. The summed E-state index contributed by atoms with van der Waals surface area (Å²) >= 11 is 0. The van der Waals surface area contributed by atoms with Crippen molar-refractivity contribution in [2.24, 2.45) is 28.9 Å². The van der Waals surface area contributed by atoms with E-state index in [1.807, 2.05) is 24.3 Å². The fraction of sp³-hybridized carbons (Fsp3) is 0.510. The van der Waals surface area contributed by atoms with Gasteiger partial charge in [0.1, 0.15) is 23.6 Å². The molecule has 19 heteroatoms. The molecule has 4 saturated carbocycles. The van der Waals surface area contributed by atoms with Gasteiger partial charge in [-0.25, -0.2) is 29.5 Å². The van der Waals surface area contributed by atoms with Crippen molar-refractivity contribution in [3.8, 4) is 11.5 Å². The van der Waals surface area contributed by atoms with Crippen LogP contribution in [0.2, 0.25) is 0 Å². The molecule has 2 aromatic heterocycles. The van der Waals surface area contributed by atoms with Crippen molar-refractivity contribution in [2.45, 2.75) is 104 Å². The molecule has 0 radical (unpaired) electrons. The smallest absolute Gasteiger partial charge is 0.330 e. The van der Waals surface area contributed by atoms with E-state index < -0.39 is 35.8 Å². The number of aromatic hydroxyl groups is 2. The van der Waals surface area contributed by atoms with Gasteiger partial charge in [-0.3, -0.25) is 14.4 Å². The van der Waals surface area contributed by atoms with Gasteiger partial charge >= 0.3 is 11.9 Å². The summed E-state index contributed by atoms with van der Waals surface area (Å²) in [4.78, 5) is 81.0. The zero-order valence-electron chi connectivity index (χ0n) is 41.0. The highest BCUT2D eigenvalue weighted by atomic mass is 16.5. The van der Waals surface area contributed by atoms with Crippen molar-refractivity contribution in [1.29, 1.82) is 0 Å². The molecule has 3 amide bonds. The summed E-state index contributed by atoms with van der Waals surface area (Å²) in [5.41, 5.74) is 9.81. The van der Waals surface area contributed by atoms with Gasteiger partial charge in [-0.1, -0.05) is 24.3 Å². The molecule has 8 rings (SSSR count). The largest absolute Gasteiger partial charge is 0.508 e. The lowest BCUT2D eigenvalue weighted by atomic mass is 9.49. The molecule has 9 N–H and O–H groups in total.